The van der Waals surface area contributed by atoms with Crippen LogP contribution in [0.15, 0.2) is 0 Å². The van der Waals surface area contributed by atoms with Crippen molar-refractivity contribution >= 4 is 61.5 Å². The number of rotatable bonds is 4. The quantitative estimate of drug-likeness (QED) is 0.374. The fourth-order valence-corrected chi connectivity index (χ4v) is 7.67. The molecule has 2 rings (SSSR count). The van der Waals surface area contributed by atoms with E-state index in [1.807, 2.05) is 0 Å². The summed E-state index contributed by atoms with van der Waals surface area (Å²) in [5.41, 5.74) is 0. The van der Waals surface area contributed by atoms with Gasteiger partial charge in [-0.1, -0.05) is 0 Å². The Morgan fingerprint density at radius 2 is 0.864 bits per heavy atom. The van der Waals surface area contributed by atoms with Gasteiger partial charge in [0.25, 0.3) is 0 Å². The third kappa shape index (κ3) is 8.36. The van der Waals surface area contributed by atoms with Gasteiger partial charge in [0.2, 0.25) is 0 Å². The number of hydrogen-bond donors (Lipinski definition) is 0. The molecule has 0 amide bonds. The maximum atomic E-state index is 11.0. The highest BCUT2D eigenvalue weighted by Gasteiger charge is 2.60. The summed E-state index contributed by atoms with van der Waals surface area (Å²) in [4.78, 5) is 0. The van der Waals surface area contributed by atoms with Crippen molar-refractivity contribution in [3.63, 3.8) is 0 Å². The van der Waals surface area contributed by atoms with Crippen LogP contribution in [0, 0.1) is 0 Å². The maximum Gasteiger partial charge on any atom is 0.956 e. The fraction of sp³-hybridized carbons (Fsp3) is 0. The van der Waals surface area contributed by atoms with E-state index in [0.717, 1.165) is 0 Å². The van der Waals surface area contributed by atoms with Crippen molar-refractivity contribution in [3.8, 4) is 0 Å². The molecule has 2 aliphatic rings. The van der Waals surface area contributed by atoms with Gasteiger partial charge in [-0.2, -0.15) is 25.3 Å². The van der Waals surface area contributed by atoms with Crippen LogP contribution in [0.25, 0.3) is 0 Å². The van der Waals surface area contributed by atoms with Gasteiger partial charge in [-0.25, -0.2) is 0 Å². The molecule has 0 radical (unpaired) electrons. The van der Waals surface area contributed by atoms with Gasteiger partial charge in [0, 0.05) is 0 Å². The van der Waals surface area contributed by atoms with Gasteiger partial charge in [0.05, 0.1) is 0 Å². The third-order valence-electron chi connectivity index (χ3n) is 1.18. The minimum atomic E-state index is -4.71. The molecule has 0 aliphatic carbocycles. The van der Waals surface area contributed by atoms with Gasteiger partial charge in [0.15, 0.2) is 0 Å². The van der Waals surface area contributed by atoms with E-state index in [0.29, 0.717) is 0 Å². The first-order chi connectivity index (χ1) is 7.57. The Hall–Kier alpha value is 0.475. The minimum Gasteiger partial charge on any atom is -0.412 e. The van der Waals surface area contributed by atoms with Crippen LogP contribution in [-0.4, -0.2) is 82.9 Å². The average Bonchev–Trinajstić information content (AvgIpc) is 1.94. The van der Waals surface area contributed by atoms with Crippen LogP contribution < -0.4 is 0 Å². The molecule has 17 nitrogen and oxygen atoms in total. The summed E-state index contributed by atoms with van der Waals surface area (Å²) in [6.45, 7) is 0. The van der Waals surface area contributed by atoms with E-state index in [9.17, 15) is 25.3 Å². The van der Waals surface area contributed by atoms with E-state index >= 15 is 0 Å². The molecule has 0 saturated carbocycles. The Labute approximate surface area is 133 Å². The van der Waals surface area contributed by atoms with Gasteiger partial charge >= 0.3 is 61.5 Å². The van der Waals surface area contributed by atoms with E-state index in [2.05, 4.69) is 19.4 Å². The lowest BCUT2D eigenvalue weighted by atomic mass is 15.6. The van der Waals surface area contributed by atoms with E-state index in [4.69, 9.17) is 0 Å². The Kier molecular flexibility index (Phi) is 13.4. The van der Waals surface area contributed by atoms with Gasteiger partial charge in [0.1, 0.15) is 0 Å². The smallest absolute Gasteiger partial charge is 0.412 e. The highest BCUT2D eigenvalue weighted by atomic mass is 32.3. The SMILES string of the molecule is O.O.O.O.O.O=S1(=O)[O][Al]([O]S(=O)(=O)[O][Al]2[O]S(=O)(=O)[O]2)[O]1. The second-order valence-electron chi connectivity index (χ2n) is 2.38. The van der Waals surface area contributed by atoms with Crippen LogP contribution in [0.3, 0.4) is 0 Å². The van der Waals surface area contributed by atoms with Gasteiger partial charge in [-0.3, -0.25) is 0 Å². The van der Waals surface area contributed by atoms with Crippen molar-refractivity contribution in [2.45, 2.75) is 0 Å². The molecule has 2 aliphatic heterocycles. The Bertz CT molecular complexity index is 535. The van der Waals surface area contributed by atoms with Crippen LogP contribution in [-0.2, 0) is 50.6 Å². The van der Waals surface area contributed by atoms with Crippen molar-refractivity contribution in [2.24, 2.45) is 0 Å². The van der Waals surface area contributed by atoms with E-state index in [1.54, 1.807) is 0 Å². The Balaban J connectivity index is -0.000000324. The van der Waals surface area contributed by atoms with Crippen molar-refractivity contribution in [3.05, 3.63) is 0 Å². The minimum absolute atomic E-state index is 0. The predicted octanol–water partition coefficient (Wildman–Crippen LogP) is -7.31. The summed E-state index contributed by atoms with van der Waals surface area (Å²) < 4.78 is 87.1. The molecule has 10 N–H and O–H groups in total. The normalized spacial score (nSPS) is 20.2. The molecule has 0 aromatic heterocycles. The first-order valence-corrected chi connectivity index (χ1v) is 10.2. The summed E-state index contributed by atoms with van der Waals surface area (Å²) in [7, 11) is -13.1. The Morgan fingerprint density at radius 3 is 1.05 bits per heavy atom. The highest BCUT2D eigenvalue weighted by Crippen LogP contribution is 2.21. The van der Waals surface area contributed by atoms with Gasteiger partial charge in [-0.05, 0) is 0 Å². The summed E-state index contributed by atoms with van der Waals surface area (Å²) in [5.74, 6) is 0. The lowest BCUT2D eigenvalue weighted by Crippen LogP contribution is -2.48. The molecule has 2 fully saturated rings. The fourth-order valence-electron chi connectivity index (χ4n) is 0.679. The molecule has 136 valence electrons. The number of hydrogen-bond acceptors (Lipinski definition) is 12. The van der Waals surface area contributed by atoms with Crippen LogP contribution in [0.2, 0.25) is 0 Å². The van der Waals surface area contributed by atoms with Crippen LogP contribution in [0.1, 0.15) is 0 Å². The second-order valence-corrected chi connectivity index (χ2v) is 10.6. The zero-order chi connectivity index (χ0) is 12.9. The van der Waals surface area contributed by atoms with Crippen LogP contribution in [0.4, 0.5) is 0 Å². The lowest BCUT2D eigenvalue weighted by molar-refractivity contribution is 0.188. The van der Waals surface area contributed by atoms with Gasteiger partial charge in [-0.15, -0.1) is 0 Å². The average molecular weight is 432 g/mol. The molecule has 2 saturated heterocycles. The standard InChI is InChI=1S/2Al.3H2O4S.5H2O/c;;3*1-5(2,3)4;;;;;/h;;3*(H2,1,2,3,4);5*1H2/q2*+3;;;;;;;;/p-6. The molecule has 0 atom stereocenters. The van der Waals surface area contributed by atoms with E-state index in [1.165, 1.54) is 0 Å². The monoisotopic (exact) mass is 432 g/mol. The molecule has 0 spiro atoms. The molecule has 0 unspecified atom stereocenters. The van der Waals surface area contributed by atoms with Crippen molar-refractivity contribution < 1.29 is 72.0 Å². The van der Waals surface area contributed by atoms with Crippen LogP contribution in [0.5, 0.6) is 0 Å². The summed E-state index contributed by atoms with van der Waals surface area (Å²) in [6.07, 6.45) is 0. The van der Waals surface area contributed by atoms with Crippen molar-refractivity contribution in [1.29, 1.82) is 0 Å². The second kappa shape index (κ2) is 9.69. The largest absolute Gasteiger partial charge is 0.956 e. The predicted molar refractivity (Wildman–Crippen MR) is 62.8 cm³/mol. The summed E-state index contributed by atoms with van der Waals surface area (Å²) in [6, 6.07) is 0. The van der Waals surface area contributed by atoms with Crippen molar-refractivity contribution in [2.75, 3.05) is 0 Å². The van der Waals surface area contributed by atoms with Crippen LogP contribution >= 0.6 is 0 Å². The first kappa shape index (κ1) is 30.4. The molecule has 22 heavy (non-hydrogen) atoms. The zero-order valence-electron chi connectivity index (χ0n) is 9.78. The molecule has 22 heteroatoms. The Morgan fingerprint density at radius 1 is 0.636 bits per heavy atom. The lowest BCUT2D eigenvalue weighted by Gasteiger charge is -2.22. The first-order valence-electron chi connectivity index (χ1n) is 3.41. The van der Waals surface area contributed by atoms with E-state index < -0.39 is 61.5 Å². The third-order valence-corrected chi connectivity index (χ3v) is 10.6. The molecule has 0 bridgehead atoms. The van der Waals surface area contributed by atoms with Gasteiger partial charge < -0.3 is 46.8 Å². The molecular formula is H10Al2O17S3. The topological polar surface area (TPSA) is 315 Å². The molecular weight excluding hydrogens is 422 g/mol. The zero-order valence-corrected chi connectivity index (χ0v) is 14.5. The highest BCUT2D eigenvalue weighted by molar-refractivity contribution is 7.88. The summed E-state index contributed by atoms with van der Waals surface area (Å²) >= 11 is -6.74. The molecule has 0 aromatic rings. The molecule has 0 aromatic carbocycles. The van der Waals surface area contributed by atoms with E-state index in [-0.39, 0.29) is 27.4 Å². The summed E-state index contributed by atoms with van der Waals surface area (Å²) in [5, 5.41) is 0. The van der Waals surface area contributed by atoms with Crippen molar-refractivity contribution in [1.82, 2.24) is 0 Å². The molecule has 2 heterocycles. The maximum absolute atomic E-state index is 11.0.